The number of nitrogens with zero attached hydrogens (tertiary/aromatic N) is 1. The van der Waals surface area contributed by atoms with E-state index in [1.807, 2.05) is 6.92 Å². The number of carbonyl (C=O) groups is 2. The molecule has 1 aromatic rings. The van der Waals surface area contributed by atoms with Crippen molar-refractivity contribution in [2.24, 2.45) is 0 Å². The molecule has 0 saturated carbocycles. The minimum Gasteiger partial charge on any atom is -0.481 e. The normalized spacial score (nSPS) is 11.5. The molecule has 1 unspecified atom stereocenters. The molecule has 0 aliphatic heterocycles. The maximum atomic E-state index is 11.6. The number of rotatable bonds is 8. The smallest absolute Gasteiger partial charge is 0.407 e. The summed E-state index contributed by atoms with van der Waals surface area (Å²) in [6.45, 7) is 2.20. The monoisotopic (exact) mass is 310 g/mol. The number of nitrogens with one attached hydrogen (secondary N) is 1. The molecule has 0 saturated heterocycles. The molecule has 0 bridgehead atoms. The Labute approximate surface area is 127 Å². The molecule has 0 aliphatic carbocycles. The van der Waals surface area contributed by atoms with E-state index in [2.05, 4.69) is 5.32 Å². The predicted molar refractivity (Wildman–Crippen MR) is 77.5 cm³/mol. The van der Waals surface area contributed by atoms with Crippen molar-refractivity contribution in [3.05, 3.63) is 39.9 Å². The highest BCUT2D eigenvalue weighted by Crippen LogP contribution is 2.20. The van der Waals surface area contributed by atoms with Crippen molar-refractivity contribution in [2.75, 3.05) is 6.61 Å². The number of nitro benzene ring substituents is 1. The van der Waals surface area contributed by atoms with Gasteiger partial charge in [-0.15, -0.1) is 0 Å². The number of ether oxygens (including phenoxy) is 1. The van der Waals surface area contributed by atoms with E-state index in [0.717, 1.165) is 6.42 Å². The predicted octanol–water partition coefficient (Wildman–Crippen LogP) is 2.64. The highest BCUT2D eigenvalue weighted by molar-refractivity contribution is 5.72. The summed E-state index contributed by atoms with van der Waals surface area (Å²) in [5.41, 5.74) is 0.351. The Kier molecular flexibility index (Phi) is 6.81. The van der Waals surface area contributed by atoms with Gasteiger partial charge < -0.3 is 15.2 Å². The molecule has 0 aromatic heterocycles. The Morgan fingerprint density at radius 2 is 2.00 bits per heavy atom. The largest absolute Gasteiger partial charge is 0.481 e. The minimum absolute atomic E-state index is 0.108. The van der Waals surface area contributed by atoms with Crippen LogP contribution in [-0.2, 0) is 9.53 Å². The Balaban J connectivity index is 2.77. The van der Waals surface area contributed by atoms with Crippen molar-refractivity contribution < 1.29 is 24.4 Å². The van der Waals surface area contributed by atoms with Gasteiger partial charge in [0.15, 0.2) is 0 Å². The van der Waals surface area contributed by atoms with Gasteiger partial charge in [0.2, 0.25) is 0 Å². The molecule has 8 heteroatoms. The van der Waals surface area contributed by atoms with Gasteiger partial charge in [0, 0.05) is 12.1 Å². The summed E-state index contributed by atoms with van der Waals surface area (Å²) in [4.78, 5) is 32.6. The average molecular weight is 310 g/mol. The molecular formula is C14H18N2O6. The number of unbranched alkanes of at least 4 members (excludes halogenated alkanes) is 1. The number of benzene rings is 1. The van der Waals surface area contributed by atoms with Crippen molar-refractivity contribution >= 4 is 17.7 Å². The summed E-state index contributed by atoms with van der Waals surface area (Å²) in [6, 6.07) is 4.53. The topological polar surface area (TPSA) is 119 Å². The molecule has 1 amide bonds. The molecule has 0 radical (unpaired) electrons. The standard InChI is InChI=1S/C14H18N2O6/c1-2-3-8-22-14(19)15-12(9-13(17)18)10-4-6-11(7-5-10)16(20)21/h4-7,12H,2-3,8-9H2,1H3,(H,15,19)(H,17,18). The maximum absolute atomic E-state index is 11.6. The van der Waals surface area contributed by atoms with Crippen LogP contribution < -0.4 is 5.32 Å². The van der Waals surface area contributed by atoms with Crippen LogP contribution in [0.1, 0.15) is 37.8 Å². The van der Waals surface area contributed by atoms with Crippen molar-refractivity contribution in [1.29, 1.82) is 0 Å². The number of carbonyl (C=O) groups excluding carboxylic acids is 1. The summed E-state index contributed by atoms with van der Waals surface area (Å²) >= 11 is 0. The Bertz CT molecular complexity index is 529. The van der Waals surface area contributed by atoms with Gasteiger partial charge in [-0.2, -0.15) is 0 Å². The molecule has 2 N–H and O–H groups in total. The van der Waals surface area contributed by atoms with Gasteiger partial charge in [0.05, 0.1) is 24.0 Å². The molecule has 0 fully saturated rings. The van der Waals surface area contributed by atoms with Crippen LogP contribution in [0.25, 0.3) is 0 Å². The molecule has 1 atom stereocenters. The quantitative estimate of drug-likeness (QED) is 0.433. The SMILES string of the molecule is CCCCOC(=O)NC(CC(=O)O)c1ccc([N+](=O)[O-])cc1. The first kappa shape index (κ1) is 17.4. The Morgan fingerprint density at radius 3 is 2.50 bits per heavy atom. The molecule has 22 heavy (non-hydrogen) atoms. The van der Waals surface area contributed by atoms with E-state index >= 15 is 0 Å². The molecular weight excluding hydrogens is 292 g/mol. The lowest BCUT2D eigenvalue weighted by Crippen LogP contribution is -2.31. The number of nitro groups is 1. The third-order valence-electron chi connectivity index (χ3n) is 2.91. The van der Waals surface area contributed by atoms with Crippen LogP contribution >= 0.6 is 0 Å². The second kappa shape index (κ2) is 8.60. The number of aliphatic carboxylic acids is 1. The molecule has 120 valence electrons. The number of non-ortho nitro benzene ring substituents is 1. The molecule has 0 spiro atoms. The van der Waals surface area contributed by atoms with Crippen molar-refractivity contribution in [1.82, 2.24) is 5.32 Å². The molecule has 0 heterocycles. The second-order valence-corrected chi connectivity index (χ2v) is 4.63. The number of alkyl carbamates (subject to hydrolysis) is 1. The maximum Gasteiger partial charge on any atom is 0.407 e. The first-order valence-corrected chi connectivity index (χ1v) is 6.83. The van der Waals surface area contributed by atoms with Crippen LogP contribution in [-0.4, -0.2) is 28.7 Å². The van der Waals surface area contributed by atoms with Gasteiger partial charge in [0.25, 0.3) is 5.69 Å². The fourth-order valence-corrected chi connectivity index (χ4v) is 1.75. The van der Waals surface area contributed by atoms with Crippen LogP contribution in [0.3, 0.4) is 0 Å². The molecule has 1 aromatic carbocycles. The minimum atomic E-state index is -1.10. The summed E-state index contributed by atoms with van der Waals surface area (Å²) in [5.74, 6) is -1.10. The summed E-state index contributed by atoms with van der Waals surface area (Å²) in [6.07, 6.45) is 0.529. The van der Waals surface area contributed by atoms with Crippen LogP contribution in [0.5, 0.6) is 0 Å². The third kappa shape index (κ3) is 5.78. The van der Waals surface area contributed by atoms with E-state index in [0.29, 0.717) is 12.0 Å². The number of hydrogen-bond acceptors (Lipinski definition) is 5. The van der Waals surface area contributed by atoms with E-state index in [-0.39, 0.29) is 18.7 Å². The van der Waals surface area contributed by atoms with Gasteiger partial charge in [-0.1, -0.05) is 25.5 Å². The number of hydrogen-bond donors (Lipinski definition) is 2. The lowest BCUT2D eigenvalue weighted by Gasteiger charge is -2.17. The van der Waals surface area contributed by atoms with Crippen LogP contribution in [0.2, 0.25) is 0 Å². The lowest BCUT2D eigenvalue weighted by atomic mass is 10.0. The average Bonchev–Trinajstić information content (AvgIpc) is 2.46. The van der Waals surface area contributed by atoms with E-state index in [4.69, 9.17) is 9.84 Å². The third-order valence-corrected chi connectivity index (χ3v) is 2.91. The van der Waals surface area contributed by atoms with E-state index in [1.165, 1.54) is 24.3 Å². The van der Waals surface area contributed by atoms with Gasteiger partial charge in [-0.25, -0.2) is 4.79 Å². The highest BCUT2D eigenvalue weighted by Gasteiger charge is 2.19. The number of carboxylic acid groups (broad SMARTS) is 1. The van der Waals surface area contributed by atoms with Gasteiger partial charge in [-0.3, -0.25) is 14.9 Å². The van der Waals surface area contributed by atoms with Crippen LogP contribution in [0, 0.1) is 10.1 Å². The number of amides is 1. The lowest BCUT2D eigenvalue weighted by molar-refractivity contribution is -0.384. The van der Waals surface area contributed by atoms with Gasteiger partial charge in [-0.05, 0) is 12.0 Å². The van der Waals surface area contributed by atoms with Crippen LogP contribution in [0.4, 0.5) is 10.5 Å². The fraction of sp³-hybridized carbons (Fsp3) is 0.429. The van der Waals surface area contributed by atoms with Crippen molar-refractivity contribution in [3.8, 4) is 0 Å². The summed E-state index contributed by atoms with van der Waals surface area (Å²) in [7, 11) is 0. The fourth-order valence-electron chi connectivity index (χ4n) is 1.75. The molecule has 1 rings (SSSR count). The number of carboxylic acids is 1. The zero-order valence-electron chi connectivity index (χ0n) is 12.2. The first-order chi connectivity index (χ1) is 10.4. The Hall–Kier alpha value is -2.64. The molecule has 8 nitrogen and oxygen atoms in total. The summed E-state index contributed by atoms with van der Waals surface area (Å²) in [5, 5.41) is 22.0. The zero-order valence-corrected chi connectivity index (χ0v) is 12.2. The second-order valence-electron chi connectivity index (χ2n) is 4.63. The summed E-state index contributed by atoms with van der Waals surface area (Å²) < 4.78 is 4.93. The Morgan fingerprint density at radius 1 is 1.36 bits per heavy atom. The molecule has 0 aliphatic rings. The zero-order chi connectivity index (χ0) is 16.5. The first-order valence-electron chi connectivity index (χ1n) is 6.83. The van der Waals surface area contributed by atoms with Gasteiger partial charge in [0.1, 0.15) is 0 Å². The van der Waals surface area contributed by atoms with E-state index in [1.54, 1.807) is 0 Å². The van der Waals surface area contributed by atoms with Gasteiger partial charge >= 0.3 is 12.1 Å². The van der Waals surface area contributed by atoms with Crippen LogP contribution in [0.15, 0.2) is 24.3 Å². The van der Waals surface area contributed by atoms with E-state index in [9.17, 15) is 19.7 Å². The van der Waals surface area contributed by atoms with Crippen molar-refractivity contribution in [2.45, 2.75) is 32.2 Å². The highest BCUT2D eigenvalue weighted by atomic mass is 16.6. The van der Waals surface area contributed by atoms with Crippen molar-refractivity contribution in [3.63, 3.8) is 0 Å². The van der Waals surface area contributed by atoms with E-state index < -0.39 is 23.0 Å².